The third-order valence-electron chi connectivity index (χ3n) is 1.33. The lowest BCUT2D eigenvalue weighted by atomic mass is 10.4. The Balaban J connectivity index is 2.58. The number of nitrogen functional groups attached to an aromatic ring is 1. The number of carbonyl (C=O) groups is 1. The van der Waals surface area contributed by atoms with Crippen molar-refractivity contribution in [2.24, 2.45) is 5.73 Å². The number of nitrogens with zero attached hydrogens (tertiary/aromatic N) is 2. The molecule has 0 fully saturated rings. The molecule has 0 unspecified atom stereocenters. The van der Waals surface area contributed by atoms with Gasteiger partial charge in [-0.25, -0.2) is 0 Å². The molecular weight excluding hydrogens is 180 g/mol. The smallest absolute Gasteiger partial charge is 0.219 e. The maximum absolute atomic E-state index is 10.4. The van der Waals surface area contributed by atoms with E-state index in [1.165, 1.54) is 4.68 Å². The van der Waals surface area contributed by atoms with E-state index in [-0.39, 0.29) is 18.1 Å². The van der Waals surface area contributed by atoms with Gasteiger partial charge in [-0.1, -0.05) is 11.6 Å². The summed E-state index contributed by atoms with van der Waals surface area (Å²) in [5, 5.41) is 4.23. The number of hydrogen-bond donors (Lipinski definition) is 2. The van der Waals surface area contributed by atoms with Gasteiger partial charge in [-0.3, -0.25) is 9.48 Å². The van der Waals surface area contributed by atoms with Gasteiger partial charge in [-0.05, 0) is 0 Å². The fourth-order valence-electron chi connectivity index (χ4n) is 0.751. The molecule has 1 aromatic heterocycles. The number of hydrogen-bond acceptors (Lipinski definition) is 3. The van der Waals surface area contributed by atoms with Gasteiger partial charge in [0.1, 0.15) is 5.02 Å². The quantitative estimate of drug-likeness (QED) is 0.700. The molecule has 0 bridgehead atoms. The highest BCUT2D eigenvalue weighted by molar-refractivity contribution is 6.32. The van der Waals surface area contributed by atoms with E-state index in [1.54, 1.807) is 6.20 Å². The Morgan fingerprint density at radius 2 is 2.42 bits per heavy atom. The van der Waals surface area contributed by atoms with Crippen LogP contribution in [-0.2, 0) is 11.3 Å². The second kappa shape index (κ2) is 3.44. The van der Waals surface area contributed by atoms with Gasteiger partial charge >= 0.3 is 0 Å². The van der Waals surface area contributed by atoms with Crippen molar-refractivity contribution in [3.05, 3.63) is 11.2 Å². The summed E-state index contributed by atoms with van der Waals surface area (Å²) in [4.78, 5) is 10.4. The van der Waals surface area contributed by atoms with E-state index in [2.05, 4.69) is 5.10 Å². The molecule has 0 aliphatic heterocycles. The molecule has 1 aromatic rings. The van der Waals surface area contributed by atoms with Crippen molar-refractivity contribution in [3.8, 4) is 0 Å². The highest BCUT2D eigenvalue weighted by Crippen LogP contribution is 2.14. The number of halogens is 1. The van der Waals surface area contributed by atoms with E-state index in [1.807, 2.05) is 0 Å². The molecule has 6 heteroatoms. The van der Waals surface area contributed by atoms with Gasteiger partial charge in [-0.15, -0.1) is 0 Å². The van der Waals surface area contributed by atoms with Gasteiger partial charge in [0, 0.05) is 19.2 Å². The number of carbonyl (C=O) groups excluding carboxylic acids is 1. The Bertz CT molecular complexity index is 276. The van der Waals surface area contributed by atoms with Crippen LogP contribution >= 0.6 is 11.6 Å². The minimum atomic E-state index is -0.375. The van der Waals surface area contributed by atoms with Gasteiger partial charge in [0.05, 0.1) is 0 Å². The lowest BCUT2D eigenvalue weighted by molar-refractivity contribution is -0.118. The predicted molar refractivity (Wildman–Crippen MR) is 45.5 cm³/mol. The van der Waals surface area contributed by atoms with Crippen LogP contribution in [0.15, 0.2) is 6.20 Å². The van der Waals surface area contributed by atoms with Crippen LogP contribution in [0.5, 0.6) is 0 Å². The summed E-state index contributed by atoms with van der Waals surface area (Å²) < 4.78 is 1.49. The van der Waals surface area contributed by atoms with Crippen LogP contribution in [-0.4, -0.2) is 15.7 Å². The second-order valence-electron chi connectivity index (χ2n) is 2.34. The van der Waals surface area contributed by atoms with Gasteiger partial charge in [0.25, 0.3) is 0 Å². The van der Waals surface area contributed by atoms with Crippen molar-refractivity contribution < 1.29 is 4.79 Å². The summed E-state index contributed by atoms with van der Waals surface area (Å²) in [6.45, 7) is 0.409. The second-order valence-corrected chi connectivity index (χ2v) is 2.75. The number of rotatable bonds is 3. The first kappa shape index (κ1) is 8.86. The first-order valence-electron chi connectivity index (χ1n) is 3.36. The molecule has 5 nitrogen and oxygen atoms in total. The minimum Gasteiger partial charge on any atom is -0.381 e. The van der Waals surface area contributed by atoms with Crippen molar-refractivity contribution in [2.75, 3.05) is 5.73 Å². The van der Waals surface area contributed by atoms with Crippen LogP contribution in [0.3, 0.4) is 0 Å². The zero-order valence-corrected chi connectivity index (χ0v) is 7.08. The monoisotopic (exact) mass is 188 g/mol. The molecule has 0 aliphatic rings. The Kier molecular flexibility index (Phi) is 2.54. The van der Waals surface area contributed by atoms with E-state index >= 15 is 0 Å². The van der Waals surface area contributed by atoms with Crippen molar-refractivity contribution in [1.82, 2.24) is 9.78 Å². The number of aromatic nitrogens is 2. The number of primary amides is 1. The fraction of sp³-hybridized carbons (Fsp3) is 0.333. The molecule has 1 amide bonds. The first-order chi connectivity index (χ1) is 5.59. The summed E-state index contributed by atoms with van der Waals surface area (Å²) in [7, 11) is 0. The van der Waals surface area contributed by atoms with Gasteiger partial charge in [0.15, 0.2) is 5.82 Å². The lowest BCUT2D eigenvalue weighted by Crippen LogP contribution is -2.14. The lowest BCUT2D eigenvalue weighted by Gasteiger charge is -1.95. The van der Waals surface area contributed by atoms with E-state index in [4.69, 9.17) is 23.1 Å². The standard InChI is InChI=1S/C6H9ClN4O/c7-4-3-11(10-6(4)9)2-1-5(8)12/h3H,1-2H2,(H2,8,12)(H2,9,10). The first-order valence-corrected chi connectivity index (χ1v) is 3.74. The molecule has 0 aromatic carbocycles. The summed E-state index contributed by atoms with van der Waals surface area (Å²) >= 11 is 5.62. The summed E-state index contributed by atoms with van der Waals surface area (Å²) in [5.74, 6) is -0.110. The van der Waals surface area contributed by atoms with E-state index in [0.29, 0.717) is 11.6 Å². The molecule has 66 valence electrons. The predicted octanol–water partition coefficient (Wildman–Crippen LogP) is -0.00590. The molecule has 0 saturated heterocycles. The SMILES string of the molecule is NC(=O)CCn1cc(Cl)c(N)n1. The van der Waals surface area contributed by atoms with Crippen molar-refractivity contribution in [3.63, 3.8) is 0 Å². The molecule has 0 radical (unpaired) electrons. The third-order valence-corrected chi connectivity index (χ3v) is 1.62. The van der Waals surface area contributed by atoms with Gasteiger partial charge < -0.3 is 11.5 Å². The number of aryl methyl sites for hydroxylation is 1. The maximum atomic E-state index is 10.4. The van der Waals surface area contributed by atoms with Crippen molar-refractivity contribution in [1.29, 1.82) is 0 Å². The zero-order chi connectivity index (χ0) is 9.14. The molecule has 0 spiro atoms. The van der Waals surface area contributed by atoms with Crippen LogP contribution in [0, 0.1) is 0 Å². The molecule has 0 atom stereocenters. The molecule has 0 aliphatic carbocycles. The zero-order valence-electron chi connectivity index (χ0n) is 6.33. The normalized spacial score (nSPS) is 10.1. The average molecular weight is 189 g/mol. The van der Waals surface area contributed by atoms with Crippen LogP contribution in [0.1, 0.15) is 6.42 Å². The van der Waals surface area contributed by atoms with Crippen molar-refractivity contribution in [2.45, 2.75) is 13.0 Å². The molecular formula is C6H9ClN4O. The number of amides is 1. The summed E-state index contributed by atoms with van der Waals surface area (Å²) in [5.41, 5.74) is 10.3. The topological polar surface area (TPSA) is 86.9 Å². The van der Waals surface area contributed by atoms with Crippen LogP contribution in [0.25, 0.3) is 0 Å². The Labute approximate surface area is 74.3 Å². The third kappa shape index (κ3) is 2.13. The summed E-state index contributed by atoms with van der Waals surface area (Å²) in [6.07, 6.45) is 1.79. The number of nitrogens with two attached hydrogens (primary N) is 2. The Hall–Kier alpha value is -1.23. The molecule has 0 saturated carbocycles. The largest absolute Gasteiger partial charge is 0.381 e. The number of anilines is 1. The van der Waals surface area contributed by atoms with Crippen LogP contribution < -0.4 is 11.5 Å². The molecule has 1 heterocycles. The van der Waals surface area contributed by atoms with Gasteiger partial charge in [0.2, 0.25) is 5.91 Å². The maximum Gasteiger partial charge on any atom is 0.219 e. The fourth-order valence-corrected chi connectivity index (χ4v) is 0.902. The van der Waals surface area contributed by atoms with Crippen LogP contribution in [0.2, 0.25) is 5.02 Å². The average Bonchev–Trinajstić information content (AvgIpc) is 2.28. The Morgan fingerprint density at radius 3 is 2.83 bits per heavy atom. The van der Waals surface area contributed by atoms with Crippen LogP contribution in [0.4, 0.5) is 5.82 Å². The molecule has 4 N–H and O–H groups in total. The Morgan fingerprint density at radius 1 is 1.75 bits per heavy atom. The molecule has 1 rings (SSSR count). The minimum absolute atomic E-state index is 0.234. The van der Waals surface area contributed by atoms with Crippen molar-refractivity contribution >= 4 is 23.3 Å². The van der Waals surface area contributed by atoms with E-state index < -0.39 is 0 Å². The van der Waals surface area contributed by atoms with E-state index in [9.17, 15) is 4.79 Å². The van der Waals surface area contributed by atoms with E-state index in [0.717, 1.165) is 0 Å². The summed E-state index contributed by atoms with van der Waals surface area (Å²) in [6, 6.07) is 0. The molecule has 12 heavy (non-hydrogen) atoms. The highest BCUT2D eigenvalue weighted by atomic mass is 35.5. The van der Waals surface area contributed by atoms with Gasteiger partial charge in [-0.2, -0.15) is 5.10 Å². The highest BCUT2D eigenvalue weighted by Gasteiger charge is 2.02.